The van der Waals surface area contributed by atoms with E-state index < -0.39 is 8.07 Å². The van der Waals surface area contributed by atoms with E-state index in [2.05, 4.69) is 37.1 Å². The SMILES string of the molecule is CNCC(Cc1ccccc1Cl)C[Si](C)(C)C. The van der Waals surface area contributed by atoms with Crippen LogP contribution in [-0.4, -0.2) is 21.7 Å². The molecule has 0 amide bonds. The Hall–Kier alpha value is -0.313. The Labute approximate surface area is 112 Å². The normalized spacial score (nSPS) is 13.7. The van der Waals surface area contributed by atoms with Gasteiger partial charge in [-0.25, -0.2) is 0 Å². The van der Waals surface area contributed by atoms with Crippen molar-refractivity contribution in [3.63, 3.8) is 0 Å². The molecule has 1 aromatic carbocycles. The number of hydrogen-bond acceptors (Lipinski definition) is 1. The van der Waals surface area contributed by atoms with Gasteiger partial charge in [0.2, 0.25) is 0 Å². The first-order valence-electron chi connectivity index (χ1n) is 6.30. The predicted molar refractivity (Wildman–Crippen MR) is 80.7 cm³/mol. The molecule has 0 bridgehead atoms. The molecule has 17 heavy (non-hydrogen) atoms. The molecule has 0 aliphatic carbocycles. The summed E-state index contributed by atoms with van der Waals surface area (Å²) < 4.78 is 0. The topological polar surface area (TPSA) is 12.0 Å². The van der Waals surface area contributed by atoms with Crippen LogP contribution >= 0.6 is 11.6 Å². The van der Waals surface area contributed by atoms with Gasteiger partial charge in [-0.2, -0.15) is 0 Å². The third-order valence-corrected chi connectivity index (χ3v) is 5.03. The largest absolute Gasteiger partial charge is 0.319 e. The molecule has 0 saturated carbocycles. The van der Waals surface area contributed by atoms with Gasteiger partial charge < -0.3 is 5.32 Å². The van der Waals surface area contributed by atoms with Crippen molar-refractivity contribution in [3.05, 3.63) is 34.9 Å². The molecule has 0 heterocycles. The Bertz CT molecular complexity index is 346. The van der Waals surface area contributed by atoms with Crippen LogP contribution in [0.3, 0.4) is 0 Å². The monoisotopic (exact) mass is 269 g/mol. The lowest BCUT2D eigenvalue weighted by molar-refractivity contribution is 0.535. The summed E-state index contributed by atoms with van der Waals surface area (Å²) in [6, 6.07) is 9.56. The maximum Gasteiger partial charge on any atom is 0.0446 e. The summed E-state index contributed by atoms with van der Waals surface area (Å²) >= 11 is 6.23. The minimum atomic E-state index is -1.01. The smallest absolute Gasteiger partial charge is 0.0446 e. The molecule has 0 radical (unpaired) electrons. The van der Waals surface area contributed by atoms with Gasteiger partial charge in [0.1, 0.15) is 0 Å². The van der Waals surface area contributed by atoms with Gasteiger partial charge in [-0.1, -0.05) is 55.5 Å². The predicted octanol–water partition coefficient (Wildman–Crippen LogP) is 4.06. The Morgan fingerprint density at radius 1 is 1.24 bits per heavy atom. The van der Waals surface area contributed by atoms with Gasteiger partial charge in [0.15, 0.2) is 0 Å². The minimum absolute atomic E-state index is 0.701. The van der Waals surface area contributed by atoms with Crippen LogP contribution in [0.4, 0.5) is 0 Å². The zero-order chi connectivity index (χ0) is 12.9. The molecule has 0 aliphatic heterocycles. The van der Waals surface area contributed by atoms with E-state index >= 15 is 0 Å². The Morgan fingerprint density at radius 2 is 1.88 bits per heavy atom. The second kappa shape index (κ2) is 6.57. The van der Waals surface area contributed by atoms with E-state index in [0.717, 1.165) is 18.0 Å². The van der Waals surface area contributed by atoms with E-state index in [1.54, 1.807) is 0 Å². The van der Waals surface area contributed by atoms with Gasteiger partial charge in [-0.15, -0.1) is 0 Å². The number of rotatable bonds is 6. The first kappa shape index (κ1) is 14.7. The molecule has 3 heteroatoms. The highest BCUT2D eigenvalue weighted by Crippen LogP contribution is 2.24. The highest BCUT2D eigenvalue weighted by atomic mass is 35.5. The molecule has 1 unspecified atom stereocenters. The second-order valence-corrected chi connectivity index (χ2v) is 11.9. The van der Waals surface area contributed by atoms with Crippen molar-refractivity contribution in [2.75, 3.05) is 13.6 Å². The summed E-state index contributed by atoms with van der Waals surface area (Å²) in [6.45, 7) is 8.38. The number of nitrogens with one attached hydrogen (secondary N) is 1. The Balaban J connectivity index is 2.70. The van der Waals surface area contributed by atoms with Crippen molar-refractivity contribution in [2.24, 2.45) is 5.92 Å². The molecule has 0 aromatic heterocycles. The summed E-state index contributed by atoms with van der Waals surface area (Å²) in [6.07, 6.45) is 1.09. The maximum absolute atomic E-state index is 6.23. The fraction of sp³-hybridized carbons (Fsp3) is 0.571. The number of halogens is 1. The average Bonchev–Trinajstić information content (AvgIpc) is 2.19. The lowest BCUT2D eigenvalue weighted by Crippen LogP contribution is -2.30. The van der Waals surface area contributed by atoms with Crippen LogP contribution in [0.15, 0.2) is 24.3 Å². The lowest BCUT2D eigenvalue weighted by Gasteiger charge is -2.24. The molecule has 0 fully saturated rings. The summed E-state index contributed by atoms with van der Waals surface area (Å²) in [5.74, 6) is 0.701. The molecule has 1 N–H and O–H groups in total. The summed E-state index contributed by atoms with van der Waals surface area (Å²) in [5, 5.41) is 4.22. The molecule has 96 valence electrons. The Kier molecular flexibility index (Phi) is 5.70. The maximum atomic E-state index is 6.23. The molecular weight excluding hydrogens is 246 g/mol. The van der Waals surface area contributed by atoms with Crippen LogP contribution in [0.1, 0.15) is 5.56 Å². The van der Waals surface area contributed by atoms with E-state index in [9.17, 15) is 0 Å². The standard InChI is InChI=1S/C14H24ClNSi/c1-16-10-12(11-17(2,3)4)9-13-7-5-6-8-14(13)15/h5-8,12,16H,9-11H2,1-4H3. The fourth-order valence-electron chi connectivity index (χ4n) is 2.35. The van der Waals surface area contributed by atoms with Gasteiger partial charge in [0.05, 0.1) is 0 Å². The average molecular weight is 270 g/mol. The molecule has 1 atom stereocenters. The van der Waals surface area contributed by atoms with Crippen molar-refractivity contribution in [1.82, 2.24) is 5.32 Å². The van der Waals surface area contributed by atoms with Gasteiger partial charge in [-0.05, 0) is 37.6 Å². The van der Waals surface area contributed by atoms with Crippen LogP contribution in [0.2, 0.25) is 30.7 Å². The molecule has 0 spiro atoms. The third kappa shape index (κ3) is 5.71. The first-order chi connectivity index (χ1) is 7.92. The van der Waals surface area contributed by atoms with Gasteiger partial charge in [-0.3, -0.25) is 0 Å². The lowest BCUT2D eigenvalue weighted by atomic mass is 10.0. The summed E-state index contributed by atoms with van der Waals surface area (Å²) in [4.78, 5) is 0. The molecule has 1 aromatic rings. The Morgan fingerprint density at radius 3 is 2.41 bits per heavy atom. The van der Waals surface area contributed by atoms with Crippen LogP contribution in [0.25, 0.3) is 0 Å². The summed E-state index contributed by atoms with van der Waals surface area (Å²) in [7, 11) is 1.02. The zero-order valence-corrected chi connectivity index (χ0v) is 13.1. The summed E-state index contributed by atoms with van der Waals surface area (Å²) in [5.41, 5.74) is 1.28. The van der Waals surface area contributed by atoms with Crippen LogP contribution < -0.4 is 5.32 Å². The highest BCUT2D eigenvalue weighted by Gasteiger charge is 2.20. The molecule has 1 nitrogen and oxygen atoms in total. The third-order valence-electron chi connectivity index (χ3n) is 2.86. The van der Waals surface area contributed by atoms with Gasteiger partial charge in [0, 0.05) is 13.1 Å². The van der Waals surface area contributed by atoms with E-state index in [1.165, 1.54) is 11.6 Å². The van der Waals surface area contributed by atoms with E-state index in [0.29, 0.717) is 5.92 Å². The number of hydrogen-bond donors (Lipinski definition) is 1. The van der Waals surface area contributed by atoms with E-state index in [-0.39, 0.29) is 0 Å². The van der Waals surface area contributed by atoms with Crippen molar-refractivity contribution in [2.45, 2.75) is 32.1 Å². The van der Waals surface area contributed by atoms with Crippen LogP contribution in [0.5, 0.6) is 0 Å². The van der Waals surface area contributed by atoms with Gasteiger partial charge >= 0.3 is 0 Å². The van der Waals surface area contributed by atoms with Crippen molar-refractivity contribution < 1.29 is 0 Å². The van der Waals surface area contributed by atoms with E-state index in [1.807, 2.05) is 19.2 Å². The first-order valence-corrected chi connectivity index (χ1v) is 10.4. The second-order valence-electron chi connectivity index (χ2n) is 5.98. The van der Waals surface area contributed by atoms with Crippen LogP contribution in [-0.2, 0) is 6.42 Å². The van der Waals surface area contributed by atoms with E-state index in [4.69, 9.17) is 11.6 Å². The van der Waals surface area contributed by atoms with Gasteiger partial charge in [0.25, 0.3) is 0 Å². The zero-order valence-electron chi connectivity index (χ0n) is 11.4. The molecule has 1 rings (SSSR count). The molecule has 0 aliphatic rings. The number of benzene rings is 1. The van der Waals surface area contributed by atoms with Crippen molar-refractivity contribution >= 4 is 19.7 Å². The highest BCUT2D eigenvalue weighted by molar-refractivity contribution is 6.76. The van der Waals surface area contributed by atoms with Crippen molar-refractivity contribution in [1.29, 1.82) is 0 Å². The molecular formula is C14H24ClNSi. The van der Waals surface area contributed by atoms with Crippen LogP contribution in [0, 0.1) is 5.92 Å². The van der Waals surface area contributed by atoms with Crippen molar-refractivity contribution in [3.8, 4) is 0 Å². The molecule has 0 saturated heterocycles. The fourth-order valence-corrected chi connectivity index (χ4v) is 4.58. The minimum Gasteiger partial charge on any atom is -0.319 e. The quantitative estimate of drug-likeness (QED) is 0.768.